The smallest absolute Gasteiger partial charge is 0.0541 e. The first-order valence-electron chi connectivity index (χ1n) is 16.9. The molecule has 0 saturated heterocycles. The number of hydrogen-bond donors (Lipinski definition) is 1. The molecule has 0 fully saturated rings. The highest BCUT2D eigenvalue weighted by Gasteiger charge is 2.20. The van der Waals surface area contributed by atoms with Gasteiger partial charge in [0.2, 0.25) is 0 Å². The summed E-state index contributed by atoms with van der Waals surface area (Å²) in [6.07, 6.45) is 3.09. The molecule has 2 heterocycles. The predicted octanol–water partition coefficient (Wildman–Crippen LogP) is 11.1. The first kappa shape index (κ1) is 27.8. The summed E-state index contributed by atoms with van der Waals surface area (Å²) in [5.41, 5.74) is 23.6. The summed E-state index contributed by atoms with van der Waals surface area (Å²) in [5.74, 6) is 0. The molecule has 232 valence electrons. The van der Waals surface area contributed by atoms with Crippen LogP contribution in [0.25, 0.3) is 83.3 Å². The van der Waals surface area contributed by atoms with Crippen LogP contribution in [0.5, 0.6) is 0 Å². The SMILES string of the molecule is Cn1c2ccc(-c3cccc(/C(N)=C/c4cccc5c4Cc4ccccc4-5)c3)cc2c2cc(-n3c4ccccc4c4ccccc43)ccc21. The molecule has 0 atom stereocenters. The van der Waals surface area contributed by atoms with E-state index in [0.717, 1.165) is 23.2 Å². The minimum absolute atomic E-state index is 0.772. The van der Waals surface area contributed by atoms with E-state index in [9.17, 15) is 0 Å². The topological polar surface area (TPSA) is 35.9 Å². The molecule has 0 saturated carbocycles. The fourth-order valence-electron chi connectivity index (χ4n) is 8.17. The van der Waals surface area contributed by atoms with Crippen molar-refractivity contribution in [3.05, 3.63) is 174 Å². The van der Waals surface area contributed by atoms with Crippen molar-refractivity contribution < 1.29 is 0 Å². The van der Waals surface area contributed by atoms with E-state index in [1.54, 1.807) is 0 Å². The van der Waals surface area contributed by atoms with Gasteiger partial charge in [-0.1, -0.05) is 103 Å². The number of para-hydroxylation sites is 2. The monoisotopic (exact) mass is 627 g/mol. The molecule has 0 amide bonds. The highest BCUT2D eigenvalue weighted by atomic mass is 15.0. The van der Waals surface area contributed by atoms with E-state index in [1.807, 2.05) is 0 Å². The Bertz CT molecular complexity index is 2770. The number of fused-ring (bicyclic) bond motifs is 9. The van der Waals surface area contributed by atoms with Crippen molar-refractivity contribution in [2.75, 3.05) is 0 Å². The third-order valence-corrected chi connectivity index (χ3v) is 10.6. The highest BCUT2D eigenvalue weighted by molar-refractivity contribution is 6.12. The Labute approximate surface area is 284 Å². The van der Waals surface area contributed by atoms with Crippen molar-refractivity contribution in [3.8, 4) is 27.9 Å². The zero-order valence-electron chi connectivity index (χ0n) is 27.2. The van der Waals surface area contributed by atoms with Crippen LogP contribution in [0.1, 0.15) is 22.3 Å². The quantitative estimate of drug-likeness (QED) is 0.194. The van der Waals surface area contributed by atoms with Gasteiger partial charge in [0.05, 0.1) is 11.0 Å². The predicted molar refractivity (Wildman–Crippen MR) is 207 cm³/mol. The summed E-state index contributed by atoms with van der Waals surface area (Å²) < 4.78 is 4.70. The Hall–Kier alpha value is -6.32. The van der Waals surface area contributed by atoms with Crippen LogP contribution in [-0.4, -0.2) is 9.13 Å². The molecular formula is C46H33N3. The van der Waals surface area contributed by atoms with E-state index < -0.39 is 0 Å². The summed E-state index contributed by atoms with van der Waals surface area (Å²) >= 11 is 0. The van der Waals surface area contributed by atoms with Crippen molar-refractivity contribution in [2.45, 2.75) is 6.42 Å². The summed E-state index contributed by atoms with van der Waals surface area (Å²) in [7, 11) is 2.16. The van der Waals surface area contributed by atoms with Gasteiger partial charge in [0.25, 0.3) is 0 Å². The Morgan fingerprint density at radius 1 is 0.551 bits per heavy atom. The summed E-state index contributed by atoms with van der Waals surface area (Å²) in [4.78, 5) is 0. The molecule has 1 aliphatic rings. The molecule has 3 nitrogen and oxygen atoms in total. The van der Waals surface area contributed by atoms with Gasteiger partial charge in [-0.15, -0.1) is 0 Å². The van der Waals surface area contributed by atoms with Crippen molar-refractivity contribution in [1.29, 1.82) is 0 Å². The molecule has 0 radical (unpaired) electrons. The summed E-state index contributed by atoms with van der Waals surface area (Å²) in [6, 6.07) is 55.0. The second-order valence-electron chi connectivity index (χ2n) is 13.2. The summed E-state index contributed by atoms with van der Waals surface area (Å²) in [5, 5.41) is 5.03. The zero-order valence-corrected chi connectivity index (χ0v) is 27.2. The largest absolute Gasteiger partial charge is 0.398 e. The maximum atomic E-state index is 6.84. The van der Waals surface area contributed by atoms with Crippen molar-refractivity contribution in [3.63, 3.8) is 0 Å². The highest BCUT2D eigenvalue weighted by Crippen LogP contribution is 2.40. The molecule has 2 N–H and O–H groups in total. The lowest BCUT2D eigenvalue weighted by Crippen LogP contribution is -1.97. The lowest BCUT2D eigenvalue weighted by molar-refractivity contribution is 1.01. The van der Waals surface area contributed by atoms with Gasteiger partial charge in [-0.2, -0.15) is 0 Å². The Kier molecular flexibility index (Phi) is 6.00. The van der Waals surface area contributed by atoms with E-state index in [-0.39, 0.29) is 0 Å². The normalized spacial score (nSPS) is 12.7. The van der Waals surface area contributed by atoms with E-state index in [1.165, 1.54) is 82.7 Å². The lowest BCUT2D eigenvalue weighted by Gasteiger charge is -2.09. The first-order chi connectivity index (χ1) is 24.1. The third kappa shape index (κ3) is 4.22. The van der Waals surface area contributed by atoms with Gasteiger partial charge in [-0.25, -0.2) is 0 Å². The van der Waals surface area contributed by atoms with Crippen LogP contribution in [0.3, 0.4) is 0 Å². The first-order valence-corrected chi connectivity index (χ1v) is 16.9. The number of rotatable bonds is 4. The number of benzene rings is 7. The van der Waals surface area contributed by atoms with E-state index in [0.29, 0.717) is 0 Å². The average Bonchev–Trinajstić information content (AvgIpc) is 3.79. The fraction of sp³-hybridized carbons (Fsp3) is 0.0435. The standard InChI is InChI=1S/C46H33N3/c1-48-43-22-20-30(29-11-8-13-33(24-29)42(47)27-32-12-9-17-36-35-14-3-2-10-31(35)26-39(32)36)25-40(43)41-28-34(21-23-44(41)48)49-45-18-6-4-15-37(45)38-16-5-7-19-46(38)49/h2-25,27-28H,26,47H2,1H3/b42-27-. The molecule has 1 aliphatic carbocycles. The van der Waals surface area contributed by atoms with Crippen LogP contribution in [-0.2, 0) is 13.5 Å². The van der Waals surface area contributed by atoms with Crippen LogP contribution >= 0.6 is 0 Å². The molecule has 3 heteroatoms. The Morgan fingerprint density at radius 2 is 1.20 bits per heavy atom. The van der Waals surface area contributed by atoms with Crippen LogP contribution < -0.4 is 5.73 Å². The van der Waals surface area contributed by atoms with Gasteiger partial charge in [0.1, 0.15) is 0 Å². The Morgan fingerprint density at radius 3 is 2.02 bits per heavy atom. The van der Waals surface area contributed by atoms with Gasteiger partial charge in [0.15, 0.2) is 0 Å². The van der Waals surface area contributed by atoms with Crippen molar-refractivity contribution in [1.82, 2.24) is 9.13 Å². The molecule has 9 aromatic rings. The van der Waals surface area contributed by atoms with Crippen LogP contribution in [0.2, 0.25) is 0 Å². The number of hydrogen-bond acceptors (Lipinski definition) is 1. The maximum Gasteiger partial charge on any atom is 0.0541 e. The van der Waals surface area contributed by atoms with E-state index in [4.69, 9.17) is 5.73 Å². The second-order valence-corrected chi connectivity index (χ2v) is 13.2. The summed E-state index contributed by atoms with van der Waals surface area (Å²) in [6.45, 7) is 0. The molecule has 49 heavy (non-hydrogen) atoms. The minimum Gasteiger partial charge on any atom is -0.398 e. The third-order valence-electron chi connectivity index (χ3n) is 10.6. The van der Waals surface area contributed by atoms with Gasteiger partial charge < -0.3 is 14.9 Å². The molecule has 0 bridgehead atoms. The molecule has 7 aromatic carbocycles. The van der Waals surface area contributed by atoms with Gasteiger partial charge >= 0.3 is 0 Å². The van der Waals surface area contributed by atoms with Crippen LogP contribution in [0.4, 0.5) is 0 Å². The number of nitrogens with two attached hydrogens (primary N) is 1. The van der Waals surface area contributed by atoms with E-state index in [2.05, 4.69) is 174 Å². The molecule has 0 aliphatic heterocycles. The maximum absolute atomic E-state index is 6.84. The molecule has 0 unspecified atom stereocenters. The van der Waals surface area contributed by atoms with Gasteiger partial charge in [0, 0.05) is 51.0 Å². The van der Waals surface area contributed by atoms with Crippen LogP contribution in [0.15, 0.2) is 152 Å². The fourth-order valence-corrected chi connectivity index (χ4v) is 8.17. The van der Waals surface area contributed by atoms with Crippen LogP contribution in [0, 0.1) is 0 Å². The lowest BCUT2D eigenvalue weighted by atomic mass is 9.97. The zero-order chi connectivity index (χ0) is 32.6. The molecule has 10 rings (SSSR count). The second kappa shape index (κ2) is 10.6. The van der Waals surface area contributed by atoms with Crippen molar-refractivity contribution in [2.24, 2.45) is 12.8 Å². The van der Waals surface area contributed by atoms with Gasteiger partial charge in [-0.05, 0) is 106 Å². The number of aromatic nitrogens is 2. The number of aryl methyl sites for hydroxylation is 1. The average molecular weight is 628 g/mol. The Balaban J connectivity index is 1.06. The molecule has 2 aromatic heterocycles. The molecular weight excluding hydrogens is 595 g/mol. The molecule has 0 spiro atoms. The number of nitrogens with zero attached hydrogens (tertiary/aromatic N) is 2. The minimum atomic E-state index is 0.772. The van der Waals surface area contributed by atoms with E-state index >= 15 is 0 Å². The van der Waals surface area contributed by atoms with Gasteiger partial charge in [-0.3, -0.25) is 0 Å². The van der Waals surface area contributed by atoms with Crippen molar-refractivity contribution >= 4 is 55.4 Å².